The minimum atomic E-state index is -0.742. The summed E-state index contributed by atoms with van der Waals surface area (Å²) in [5, 5.41) is 3.34. The van der Waals surface area contributed by atoms with Gasteiger partial charge in [-0.1, -0.05) is 51.1 Å². The van der Waals surface area contributed by atoms with Crippen LogP contribution in [0, 0.1) is 5.92 Å². The lowest BCUT2D eigenvalue weighted by Crippen LogP contribution is -2.52. The molecule has 4 nitrogen and oxygen atoms in total. The average molecular weight is 264 g/mol. The van der Waals surface area contributed by atoms with Gasteiger partial charge in [0.15, 0.2) is 5.72 Å². The Hall–Kier alpha value is -1.55. The molecule has 3 N–H and O–H groups in total. The van der Waals surface area contributed by atoms with E-state index >= 15 is 0 Å². The summed E-state index contributed by atoms with van der Waals surface area (Å²) in [6.07, 6.45) is 0.534. The molecule has 0 heterocycles. The van der Waals surface area contributed by atoms with Crippen molar-refractivity contribution < 1.29 is 9.53 Å². The number of nitrogens with one attached hydrogen (secondary N) is 1. The summed E-state index contributed by atoms with van der Waals surface area (Å²) in [6.45, 7) is 6.98. The van der Waals surface area contributed by atoms with Gasteiger partial charge >= 0.3 is 6.09 Å². The van der Waals surface area contributed by atoms with Crippen molar-refractivity contribution in [2.45, 2.75) is 39.3 Å². The molecule has 1 atom stereocenters. The Morgan fingerprint density at radius 1 is 1.37 bits per heavy atom. The van der Waals surface area contributed by atoms with Crippen molar-refractivity contribution in [2.24, 2.45) is 11.7 Å². The summed E-state index contributed by atoms with van der Waals surface area (Å²) < 4.78 is 5.37. The Balaban J connectivity index is 2.85. The van der Waals surface area contributed by atoms with Crippen LogP contribution in [0.3, 0.4) is 0 Å². The number of primary amides is 1. The van der Waals surface area contributed by atoms with E-state index in [4.69, 9.17) is 10.5 Å². The first-order valence-corrected chi connectivity index (χ1v) is 6.75. The maximum Gasteiger partial charge on any atom is 0.406 e. The second-order valence-electron chi connectivity index (χ2n) is 5.21. The predicted octanol–water partition coefficient (Wildman–Crippen LogP) is 2.68. The molecule has 19 heavy (non-hydrogen) atoms. The van der Waals surface area contributed by atoms with Crippen LogP contribution in [-0.4, -0.2) is 18.4 Å². The van der Waals surface area contributed by atoms with E-state index in [-0.39, 0.29) is 0 Å². The zero-order valence-corrected chi connectivity index (χ0v) is 12.0. The van der Waals surface area contributed by atoms with E-state index < -0.39 is 11.8 Å². The molecule has 0 saturated carbocycles. The molecule has 0 aliphatic heterocycles. The Kier molecular flexibility index (Phi) is 5.83. The minimum absolute atomic E-state index is 0.471. The van der Waals surface area contributed by atoms with Gasteiger partial charge in [0, 0.05) is 13.0 Å². The number of nitrogens with two attached hydrogens (primary N) is 1. The molecule has 0 radical (unpaired) electrons. The van der Waals surface area contributed by atoms with Gasteiger partial charge < -0.3 is 10.5 Å². The van der Waals surface area contributed by atoms with Crippen LogP contribution >= 0.6 is 0 Å². The Labute approximate surface area is 115 Å². The van der Waals surface area contributed by atoms with Gasteiger partial charge in [-0.05, 0) is 17.9 Å². The first-order chi connectivity index (χ1) is 8.97. The summed E-state index contributed by atoms with van der Waals surface area (Å²) in [7, 11) is 0. The molecule has 1 aromatic rings. The second-order valence-corrected chi connectivity index (χ2v) is 5.21. The molecule has 0 aliphatic carbocycles. The molecule has 0 bridgehead atoms. The molecule has 4 heteroatoms. The molecule has 1 amide bonds. The molecule has 0 aliphatic rings. The fourth-order valence-corrected chi connectivity index (χ4v) is 1.97. The molecule has 0 fully saturated rings. The van der Waals surface area contributed by atoms with Crippen molar-refractivity contribution in [3.8, 4) is 0 Å². The first kappa shape index (κ1) is 15.5. The van der Waals surface area contributed by atoms with Gasteiger partial charge in [0.2, 0.25) is 0 Å². The molecule has 106 valence electrons. The maximum absolute atomic E-state index is 11.2. The van der Waals surface area contributed by atoms with Crippen molar-refractivity contribution in [2.75, 3.05) is 6.54 Å². The number of amides is 1. The summed E-state index contributed by atoms with van der Waals surface area (Å²) in [5.74, 6) is 0.471. The number of hydrogen-bond donors (Lipinski definition) is 2. The van der Waals surface area contributed by atoms with Crippen molar-refractivity contribution >= 4 is 6.09 Å². The van der Waals surface area contributed by atoms with Gasteiger partial charge in [-0.15, -0.1) is 0 Å². The van der Waals surface area contributed by atoms with E-state index in [1.807, 2.05) is 37.3 Å². The fourth-order valence-electron chi connectivity index (χ4n) is 1.97. The van der Waals surface area contributed by atoms with E-state index in [1.165, 1.54) is 0 Å². The van der Waals surface area contributed by atoms with Gasteiger partial charge in [-0.25, -0.2) is 4.79 Å². The topological polar surface area (TPSA) is 64.3 Å². The molecule has 1 rings (SSSR count). The van der Waals surface area contributed by atoms with Crippen LogP contribution in [0.1, 0.15) is 32.8 Å². The third-order valence-electron chi connectivity index (χ3n) is 3.03. The number of ether oxygens (including phenoxy) is 1. The molecular formula is C15H24N2O2. The van der Waals surface area contributed by atoms with Gasteiger partial charge in [-0.3, -0.25) is 5.32 Å². The number of carbonyl (C=O) groups is 1. The standard InChI is InChI=1S/C15H24N2O2/c1-4-15(19-14(16)18,17-11-12(2)3)10-13-8-6-5-7-9-13/h5-9,12,17H,4,10-11H2,1-3H3,(H2,16,18). The van der Waals surface area contributed by atoms with E-state index in [0.717, 1.165) is 12.1 Å². The lowest BCUT2D eigenvalue weighted by Gasteiger charge is -2.33. The maximum atomic E-state index is 11.2. The number of hydrogen-bond acceptors (Lipinski definition) is 3. The average Bonchev–Trinajstić information content (AvgIpc) is 2.36. The molecule has 0 aromatic heterocycles. The summed E-state index contributed by atoms with van der Waals surface area (Å²) in [6, 6.07) is 9.95. The molecule has 0 spiro atoms. The van der Waals surface area contributed by atoms with Gasteiger partial charge in [0.1, 0.15) is 0 Å². The largest absolute Gasteiger partial charge is 0.428 e. The quantitative estimate of drug-likeness (QED) is 0.744. The van der Waals surface area contributed by atoms with Crippen LogP contribution in [0.15, 0.2) is 30.3 Å². The smallest absolute Gasteiger partial charge is 0.406 e. The zero-order chi connectivity index (χ0) is 14.3. The SMILES string of the molecule is CCC(Cc1ccccc1)(NCC(C)C)OC(N)=O. The van der Waals surface area contributed by atoms with Crippen molar-refractivity contribution in [3.63, 3.8) is 0 Å². The van der Waals surface area contributed by atoms with E-state index in [0.29, 0.717) is 18.8 Å². The Morgan fingerprint density at radius 3 is 2.47 bits per heavy atom. The lowest BCUT2D eigenvalue weighted by atomic mass is 9.99. The monoisotopic (exact) mass is 264 g/mol. The third-order valence-corrected chi connectivity index (χ3v) is 3.03. The Morgan fingerprint density at radius 2 is 2.00 bits per heavy atom. The van der Waals surface area contributed by atoms with E-state index in [1.54, 1.807) is 0 Å². The Bertz CT molecular complexity index is 392. The van der Waals surface area contributed by atoms with Crippen LogP contribution < -0.4 is 11.1 Å². The fraction of sp³-hybridized carbons (Fsp3) is 0.533. The first-order valence-electron chi connectivity index (χ1n) is 6.75. The van der Waals surface area contributed by atoms with E-state index in [2.05, 4.69) is 19.2 Å². The van der Waals surface area contributed by atoms with Crippen LogP contribution in [0.2, 0.25) is 0 Å². The number of benzene rings is 1. The second kappa shape index (κ2) is 7.14. The lowest BCUT2D eigenvalue weighted by molar-refractivity contribution is -0.0163. The number of carbonyl (C=O) groups excluding carboxylic acids is 1. The minimum Gasteiger partial charge on any atom is -0.428 e. The van der Waals surface area contributed by atoms with Crippen LogP contribution in [-0.2, 0) is 11.2 Å². The summed E-state index contributed by atoms with van der Waals surface area (Å²) in [4.78, 5) is 11.2. The highest BCUT2D eigenvalue weighted by molar-refractivity contribution is 5.65. The van der Waals surface area contributed by atoms with E-state index in [9.17, 15) is 4.79 Å². The molecule has 0 saturated heterocycles. The van der Waals surface area contributed by atoms with Gasteiger partial charge in [-0.2, -0.15) is 0 Å². The van der Waals surface area contributed by atoms with Crippen molar-refractivity contribution in [3.05, 3.63) is 35.9 Å². The van der Waals surface area contributed by atoms with Gasteiger partial charge in [0.25, 0.3) is 0 Å². The van der Waals surface area contributed by atoms with Crippen LogP contribution in [0.4, 0.5) is 4.79 Å². The predicted molar refractivity (Wildman–Crippen MR) is 76.7 cm³/mol. The molecule has 1 unspecified atom stereocenters. The highest BCUT2D eigenvalue weighted by Gasteiger charge is 2.31. The molecular weight excluding hydrogens is 240 g/mol. The third kappa shape index (κ3) is 5.30. The van der Waals surface area contributed by atoms with Gasteiger partial charge in [0.05, 0.1) is 0 Å². The zero-order valence-electron chi connectivity index (χ0n) is 12.0. The highest BCUT2D eigenvalue weighted by Crippen LogP contribution is 2.19. The van der Waals surface area contributed by atoms with Crippen molar-refractivity contribution in [1.82, 2.24) is 5.32 Å². The normalized spacial score (nSPS) is 14.1. The number of rotatable bonds is 7. The summed E-state index contributed by atoms with van der Waals surface area (Å²) in [5.41, 5.74) is 5.60. The molecule has 1 aromatic carbocycles. The van der Waals surface area contributed by atoms with Crippen molar-refractivity contribution in [1.29, 1.82) is 0 Å². The highest BCUT2D eigenvalue weighted by atomic mass is 16.6. The summed E-state index contributed by atoms with van der Waals surface area (Å²) >= 11 is 0. The van der Waals surface area contributed by atoms with Crippen LogP contribution in [0.5, 0.6) is 0 Å². The van der Waals surface area contributed by atoms with Crippen LogP contribution in [0.25, 0.3) is 0 Å².